The maximum absolute atomic E-state index is 4.87. The molecule has 0 aliphatic carbocycles. The molecule has 104 valence electrons. The second-order valence-corrected chi connectivity index (χ2v) is 6.35. The minimum absolute atomic E-state index is 1.02. The van der Waals surface area contributed by atoms with Gasteiger partial charge in [0.1, 0.15) is 0 Å². The Morgan fingerprint density at radius 3 is 1.70 bits per heavy atom. The van der Waals surface area contributed by atoms with Crippen LogP contribution in [-0.4, -0.2) is 5.71 Å². The van der Waals surface area contributed by atoms with E-state index in [0.29, 0.717) is 0 Å². The van der Waals surface area contributed by atoms with Gasteiger partial charge in [-0.25, -0.2) is 0 Å². The lowest BCUT2D eigenvalue weighted by atomic mass is 9.85. The van der Waals surface area contributed by atoms with E-state index in [1.54, 1.807) is 0 Å². The van der Waals surface area contributed by atoms with E-state index >= 15 is 0 Å². The highest BCUT2D eigenvalue weighted by atomic mass is 14.8. The van der Waals surface area contributed by atoms with Crippen molar-refractivity contribution in [3.63, 3.8) is 0 Å². The summed E-state index contributed by atoms with van der Waals surface area (Å²) in [6.07, 6.45) is 1.02. The smallest absolute Gasteiger partial charge is 0.0748 e. The highest BCUT2D eigenvalue weighted by Gasteiger charge is 2.23. The summed E-state index contributed by atoms with van der Waals surface area (Å²) >= 11 is 0. The van der Waals surface area contributed by atoms with Crippen LogP contribution in [0.3, 0.4) is 0 Å². The van der Waals surface area contributed by atoms with E-state index in [-0.39, 0.29) is 0 Å². The zero-order chi connectivity index (χ0) is 14.8. The van der Waals surface area contributed by atoms with E-state index in [1.807, 2.05) is 0 Å². The normalized spacial score (nSPS) is 13.8. The summed E-state index contributed by atoms with van der Waals surface area (Å²) in [4.78, 5) is 4.87. The summed E-state index contributed by atoms with van der Waals surface area (Å²) in [7, 11) is 0. The van der Waals surface area contributed by atoms with Gasteiger partial charge in [0.25, 0.3) is 0 Å². The van der Waals surface area contributed by atoms with Crippen LogP contribution in [0.1, 0.15) is 45.9 Å². The fourth-order valence-electron chi connectivity index (χ4n) is 3.65. The molecule has 0 saturated heterocycles. The minimum atomic E-state index is 1.02. The van der Waals surface area contributed by atoms with Crippen LogP contribution in [0.25, 0.3) is 10.8 Å². The number of aliphatic imine (C=N–C) groups is 1. The summed E-state index contributed by atoms with van der Waals surface area (Å²) in [5.74, 6) is 0. The van der Waals surface area contributed by atoms with Crippen LogP contribution in [0.2, 0.25) is 0 Å². The molecule has 0 amide bonds. The Morgan fingerprint density at radius 1 is 0.600 bits per heavy atom. The lowest BCUT2D eigenvalue weighted by molar-refractivity contribution is 1.22. The van der Waals surface area contributed by atoms with Crippen molar-refractivity contribution in [2.45, 2.75) is 54.9 Å². The van der Waals surface area contributed by atoms with E-state index in [2.05, 4.69) is 48.5 Å². The average Bonchev–Trinajstić information content (AvgIpc) is 2.79. The number of benzene rings is 2. The molecular weight excluding hydrogens is 242 g/mol. The van der Waals surface area contributed by atoms with Gasteiger partial charge in [0.2, 0.25) is 0 Å². The molecule has 0 spiro atoms. The largest absolute Gasteiger partial charge is 0.257 e. The first-order chi connectivity index (χ1) is 9.34. The van der Waals surface area contributed by atoms with Gasteiger partial charge in [0.05, 0.1) is 5.69 Å². The number of aryl methyl sites for hydroxylation is 3. The van der Waals surface area contributed by atoms with Gasteiger partial charge in [-0.1, -0.05) is 0 Å². The molecule has 1 nitrogen and oxygen atoms in total. The number of hydrogen-bond acceptors (Lipinski definition) is 1. The molecule has 1 aliphatic rings. The third kappa shape index (κ3) is 1.52. The molecule has 0 saturated carbocycles. The number of nitrogens with zero attached hydrogens (tertiary/aromatic N) is 1. The monoisotopic (exact) mass is 265 g/mol. The number of hydrogen-bond donors (Lipinski definition) is 0. The molecule has 3 rings (SSSR count). The lowest BCUT2D eigenvalue weighted by Crippen LogP contribution is -2.00. The molecular formula is C19H23N. The van der Waals surface area contributed by atoms with Gasteiger partial charge in [-0.15, -0.1) is 0 Å². The summed E-state index contributed by atoms with van der Waals surface area (Å²) in [5, 5.41) is 2.82. The van der Waals surface area contributed by atoms with Gasteiger partial charge in [-0.05, 0) is 92.8 Å². The highest BCUT2D eigenvalue weighted by Crippen LogP contribution is 2.44. The van der Waals surface area contributed by atoms with Crippen LogP contribution in [-0.2, 0) is 6.42 Å². The predicted octanol–water partition coefficient (Wildman–Crippen LogP) is 5.34. The summed E-state index contributed by atoms with van der Waals surface area (Å²) < 4.78 is 0. The fraction of sp³-hybridized carbons (Fsp3) is 0.421. The van der Waals surface area contributed by atoms with Gasteiger partial charge >= 0.3 is 0 Å². The van der Waals surface area contributed by atoms with Crippen molar-refractivity contribution in [1.82, 2.24) is 0 Å². The Balaban J connectivity index is 2.65. The SMILES string of the molecule is CC1=Nc2c(c(C)c(C)c3c(C)c(C)c(C)c(C)c23)C1. The minimum Gasteiger partial charge on any atom is -0.257 e. The van der Waals surface area contributed by atoms with Crippen LogP contribution in [0.5, 0.6) is 0 Å². The molecule has 2 aromatic rings. The maximum atomic E-state index is 4.87. The topological polar surface area (TPSA) is 12.4 Å². The molecule has 1 aliphatic heterocycles. The van der Waals surface area contributed by atoms with Crippen molar-refractivity contribution in [2.75, 3.05) is 0 Å². The van der Waals surface area contributed by atoms with Crippen molar-refractivity contribution in [3.05, 3.63) is 38.9 Å². The molecule has 1 heteroatoms. The maximum Gasteiger partial charge on any atom is 0.0748 e. The Bertz CT molecular complexity index is 792. The molecule has 0 fully saturated rings. The first-order valence-electron chi connectivity index (χ1n) is 7.40. The molecule has 0 unspecified atom stereocenters. The average molecular weight is 265 g/mol. The third-order valence-electron chi connectivity index (χ3n) is 5.34. The molecule has 20 heavy (non-hydrogen) atoms. The second-order valence-electron chi connectivity index (χ2n) is 6.35. The van der Waals surface area contributed by atoms with E-state index in [9.17, 15) is 0 Å². The third-order valence-corrected chi connectivity index (χ3v) is 5.34. The zero-order valence-corrected chi connectivity index (χ0v) is 13.7. The van der Waals surface area contributed by atoms with Crippen LogP contribution in [0, 0.1) is 41.5 Å². The first-order valence-corrected chi connectivity index (χ1v) is 7.40. The van der Waals surface area contributed by atoms with Gasteiger partial charge in [-0.3, -0.25) is 4.99 Å². The predicted molar refractivity (Wildman–Crippen MR) is 88.8 cm³/mol. The number of fused-ring (bicyclic) bond motifs is 3. The van der Waals surface area contributed by atoms with Gasteiger partial charge in [0, 0.05) is 17.5 Å². The molecule has 0 aromatic heterocycles. The van der Waals surface area contributed by atoms with E-state index in [0.717, 1.165) is 6.42 Å². The molecule has 0 N–H and O–H groups in total. The lowest BCUT2D eigenvalue weighted by Gasteiger charge is -2.20. The van der Waals surface area contributed by atoms with E-state index < -0.39 is 0 Å². The number of rotatable bonds is 0. The van der Waals surface area contributed by atoms with Crippen molar-refractivity contribution in [1.29, 1.82) is 0 Å². The Kier molecular flexibility index (Phi) is 2.79. The summed E-state index contributed by atoms with van der Waals surface area (Å²) in [6, 6.07) is 0. The van der Waals surface area contributed by atoms with Crippen LogP contribution >= 0.6 is 0 Å². The Labute approximate surface area is 121 Å². The molecule has 0 bridgehead atoms. The molecule has 2 aromatic carbocycles. The van der Waals surface area contributed by atoms with Crippen LogP contribution in [0.4, 0.5) is 5.69 Å². The highest BCUT2D eigenvalue weighted by molar-refractivity contribution is 6.08. The van der Waals surface area contributed by atoms with Crippen molar-refractivity contribution >= 4 is 22.2 Å². The quantitative estimate of drug-likeness (QED) is 0.609. The van der Waals surface area contributed by atoms with E-state index in [1.165, 1.54) is 61.1 Å². The van der Waals surface area contributed by atoms with Crippen molar-refractivity contribution < 1.29 is 0 Å². The second kappa shape index (κ2) is 4.18. The standard InChI is InChI=1S/C19H23N/c1-9-8-16-12(4)15(7)17-13(5)10(2)11(3)14(6)18(17)19(16)20-9/h8H2,1-7H3. The van der Waals surface area contributed by atoms with Gasteiger partial charge < -0.3 is 0 Å². The van der Waals surface area contributed by atoms with E-state index in [4.69, 9.17) is 4.99 Å². The zero-order valence-electron chi connectivity index (χ0n) is 13.7. The van der Waals surface area contributed by atoms with Crippen molar-refractivity contribution in [2.24, 2.45) is 4.99 Å². The van der Waals surface area contributed by atoms with Crippen LogP contribution in [0.15, 0.2) is 4.99 Å². The molecule has 0 atom stereocenters. The summed E-state index contributed by atoms with van der Waals surface area (Å²) in [6.45, 7) is 15.7. The van der Waals surface area contributed by atoms with Crippen molar-refractivity contribution in [3.8, 4) is 0 Å². The first kappa shape index (κ1) is 13.4. The van der Waals surface area contributed by atoms with Crippen LogP contribution < -0.4 is 0 Å². The summed E-state index contributed by atoms with van der Waals surface area (Å²) in [5.41, 5.74) is 12.5. The van der Waals surface area contributed by atoms with Gasteiger partial charge in [0.15, 0.2) is 0 Å². The molecule has 0 radical (unpaired) electrons. The Hall–Kier alpha value is -1.63. The fourth-order valence-corrected chi connectivity index (χ4v) is 3.65. The van der Waals surface area contributed by atoms with Gasteiger partial charge in [-0.2, -0.15) is 0 Å². The Morgan fingerprint density at radius 2 is 1.10 bits per heavy atom. The molecule has 1 heterocycles.